The average molecular weight is 378 g/mol. The van der Waals surface area contributed by atoms with E-state index < -0.39 is 23.7 Å². The van der Waals surface area contributed by atoms with E-state index in [1.54, 1.807) is 6.07 Å². The van der Waals surface area contributed by atoms with Crippen molar-refractivity contribution in [3.63, 3.8) is 0 Å². The number of H-pyrrole nitrogens is 1. The Morgan fingerprint density at radius 3 is 2.52 bits per heavy atom. The molecule has 0 saturated carbocycles. The lowest BCUT2D eigenvalue weighted by molar-refractivity contribution is -0.137. The lowest BCUT2D eigenvalue weighted by atomic mass is 10.0. The minimum Gasteiger partial charge on any atom is -0.459 e. The number of carbonyl (C=O) groups excluding carboxylic acids is 1. The number of nitrogens with zero attached hydrogens (tertiary/aromatic N) is 1. The molecule has 0 aliphatic carbocycles. The predicted molar refractivity (Wildman–Crippen MR) is 89.0 cm³/mol. The molecule has 4 nitrogen and oxygen atoms in total. The van der Waals surface area contributed by atoms with E-state index in [-0.39, 0.29) is 12.9 Å². The highest BCUT2D eigenvalue weighted by Gasteiger charge is 2.30. The quantitative estimate of drug-likeness (QED) is 0.500. The largest absolute Gasteiger partial charge is 0.459 e. The zero-order valence-corrected chi connectivity index (χ0v) is 13.8. The van der Waals surface area contributed by atoms with Gasteiger partial charge in [0.15, 0.2) is 0 Å². The zero-order valence-electron chi connectivity index (χ0n) is 13.8. The molecule has 3 rings (SSSR count). The van der Waals surface area contributed by atoms with Crippen LogP contribution in [0.5, 0.6) is 0 Å². The summed E-state index contributed by atoms with van der Waals surface area (Å²) in [7, 11) is 0. The molecule has 3 aromatic rings. The number of ether oxygens (including phenoxy) is 1. The first-order chi connectivity index (χ1) is 12.9. The molecule has 8 heteroatoms. The van der Waals surface area contributed by atoms with Gasteiger partial charge in [0.1, 0.15) is 11.9 Å². The molecule has 0 bridgehead atoms. The third-order valence-corrected chi connectivity index (χ3v) is 3.99. The van der Waals surface area contributed by atoms with Gasteiger partial charge in [-0.3, -0.25) is 9.89 Å². The van der Waals surface area contributed by atoms with E-state index in [0.29, 0.717) is 22.5 Å². The van der Waals surface area contributed by atoms with Crippen molar-refractivity contribution in [2.75, 3.05) is 0 Å². The Labute approximate surface area is 151 Å². The number of halogens is 4. The van der Waals surface area contributed by atoms with Gasteiger partial charge < -0.3 is 4.74 Å². The van der Waals surface area contributed by atoms with Crippen LogP contribution >= 0.6 is 0 Å². The Bertz CT molecular complexity index is 920. The molecule has 1 N–H and O–H groups in total. The van der Waals surface area contributed by atoms with Gasteiger partial charge in [0.25, 0.3) is 6.47 Å². The second kappa shape index (κ2) is 7.61. The topological polar surface area (TPSA) is 55.0 Å². The lowest BCUT2D eigenvalue weighted by Crippen LogP contribution is -2.07. The van der Waals surface area contributed by atoms with Gasteiger partial charge >= 0.3 is 6.18 Å². The molecule has 0 spiro atoms. The van der Waals surface area contributed by atoms with Crippen LogP contribution in [0.15, 0.2) is 54.6 Å². The van der Waals surface area contributed by atoms with Crippen LogP contribution in [0, 0.1) is 5.82 Å². The molecule has 1 aromatic heterocycles. The fraction of sp³-hybridized carbons (Fsp3) is 0.158. The van der Waals surface area contributed by atoms with E-state index in [4.69, 9.17) is 4.74 Å². The smallest absolute Gasteiger partial charge is 0.416 e. The van der Waals surface area contributed by atoms with Crippen LogP contribution in [-0.2, 0) is 22.1 Å². The zero-order chi connectivity index (χ0) is 19.4. The first-order valence-electron chi connectivity index (χ1n) is 7.93. The fourth-order valence-corrected chi connectivity index (χ4v) is 2.66. The number of nitrogens with one attached hydrogen (secondary N) is 1. The Kier molecular flexibility index (Phi) is 5.25. The van der Waals surface area contributed by atoms with E-state index >= 15 is 0 Å². The highest BCUT2D eigenvalue weighted by Crippen LogP contribution is 2.32. The van der Waals surface area contributed by atoms with Gasteiger partial charge in [-0.25, -0.2) is 4.39 Å². The molecular formula is C19H14F4N2O2. The highest BCUT2D eigenvalue weighted by molar-refractivity contribution is 5.60. The fourth-order valence-electron chi connectivity index (χ4n) is 2.66. The molecule has 0 saturated heterocycles. The van der Waals surface area contributed by atoms with Gasteiger partial charge in [-0.2, -0.15) is 18.3 Å². The SMILES string of the molecule is O=COC(Cc1cc(-c2cccc(C(F)(F)F)c2)[nH]n1)c1ccc(F)cc1. The number of alkyl halides is 3. The van der Waals surface area contributed by atoms with E-state index in [9.17, 15) is 22.4 Å². The van der Waals surface area contributed by atoms with Gasteiger partial charge in [-0.05, 0) is 35.9 Å². The summed E-state index contributed by atoms with van der Waals surface area (Å²) in [5.41, 5.74) is 1.04. The molecule has 0 aliphatic heterocycles. The maximum Gasteiger partial charge on any atom is 0.416 e. The Hall–Kier alpha value is -3.16. The van der Waals surface area contributed by atoms with Crippen LogP contribution in [0.3, 0.4) is 0 Å². The van der Waals surface area contributed by atoms with E-state index in [1.807, 2.05) is 0 Å². The van der Waals surface area contributed by atoms with Crippen molar-refractivity contribution in [3.05, 3.63) is 77.2 Å². The summed E-state index contributed by atoms with van der Waals surface area (Å²) in [6.07, 6.45) is -4.95. The maximum atomic E-state index is 13.1. The Balaban J connectivity index is 1.82. The van der Waals surface area contributed by atoms with Gasteiger partial charge in [-0.1, -0.05) is 24.3 Å². The second-order valence-corrected chi connectivity index (χ2v) is 5.83. The van der Waals surface area contributed by atoms with Crippen molar-refractivity contribution >= 4 is 6.47 Å². The molecule has 0 amide bonds. The standard InChI is InChI=1S/C19H14F4N2O2/c20-15-6-4-12(5-7-15)18(27-11-26)10-16-9-17(25-24-16)13-2-1-3-14(8-13)19(21,22)23/h1-9,11,18H,10H2,(H,24,25). The molecule has 1 unspecified atom stereocenters. The summed E-state index contributed by atoms with van der Waals surface area (Å²) in [5, 5.41) is 6.76. The molecule has 2 aromatic carbocycles. The van der Waals surface area contributed by atoms with E-state index in [2.05, 4.69) is 10.2 Å². The Morgan fingerprint density at radius 1 is 1.11 bits per heavy atom. The number of hydrogen-bond donors (Lipinski definition) is 1. The first kappa shape index (κ1) is 18.6. The molecule has 1 heterocycles. The lowest BCUT2D eigenvalue weighted by Gasteiger charge is -2.14. The number of aromatic nitrogens is 2. The number of rotatable bonds is 6. The van der Waals surface area contributed by atoms with Crippen molar-refractivity contribution in [2.45, 2.75) is 18.7 Å². The second-order valence-electron chi connectivity index (χ2n) is 5.83. The van der Waals surface area contributed by atoms with Crippen molar-refractivity contribution < 1.29 is 27.1 Å². The molecule has 0 aliphatic rings. The maximum absolute atomic E-state index is 13.1. The van der Waals surface area contributed by atoms with Crippen molar-refractivity contribution in [2.24, 2.45) is 0 Å². The van der Waals surface area contributed by atoms with Gasteiger partial charge in [0.2, 0.25) is 0 Å². The Morgan fingerprint density at radius 2 is 1.85 bits per heavy atom. The molecule has 1 atom stereocenters. The summed E-state index contributed by atoms with van der Waals surface area (Å²) < 4.78 is 56.7. The summed E-state index contributed by atoms with van der Waals surface area (Å²) in [5.74, 6) is -0.421. The minimum absolute atomic E-state index is 0.180. The number of hydrogen-bond acceptors (Lipinski definition) is 3. The third-order valence-electron chi connectivity index (χ3n) is 3.99. The van der Waals surface area contributed by atoms with Crippen LogP contribution in [0.4, 0.5) is 17.6 Å². The monoisotopic (exact) mass is 378 g/mol. The molecule has 140 valence electrons. The predicted octanol–water partition coefficient (Wildman–Crippen LogP) is 4.69. The summed E-state index contributed by atoms with van der Waals surface area (Å²) in [4.78, 5) is 10.8. The van der Waals surface area contributed by atoms with Gasteiger partial charge in [-0.15, -0.1) is 0 Å². The van der Waals surface area contributed by atoms with Gasteiger partial charge in [0, 0.05) is 12.0 Å². The molecule has 0 fully saturated rings. The first-order valence-corrected chi connectivity index (χ1v) is 7.93. The third kappa shape index (κ3) is 4.52. The van der Waals surface area contributed by atoms with Crippen LogP contribution in [-0.4, -0.2) is 16.7 Å². The normalized spacial score (nSPS) is 12.6. The number of aromatic amines is 1. The number of benzene rings is 2. The van der Waals surface area contributed by atoms with Crippen molar-refractivity contribution in [1.82, 2.24) is 10.2 Å². The summed E-state index contributed by atoms with van der Waals surface area (Å²) in [6, 6.07) is 11.9. The average Bonchev–Trinajstić information content (AvgIpc) is 3.10. The van der Waals surface area contributed by atoms with E-state index in [0.717, 1.165) is 12.1 Å². The number of carbonyl (C=O) groups is 1. The summed E-state index contributed by atoms with van der Waals surface area (Å²) >= 11 is 0. The van der Waals surface area contributed by atoms with Crippen molar-refractivity contribution in [3.8, 4) is 11.3 Å². The molecule has 0 radical (unpaired) electrons. The van der Waals surface area contributed by atoms with Crippen LogP contribution < -0.4 is 0 Å². The summed E-state index contributed by atoms with van der Waals surface area (Å²) in [6.45, 7) is 0.286. The molecular weight excluding hydrogens is 364 g/mol. The van der Waals surface area contributed by atoms with Crippen molar-refractivity contribution in [1.29, 1.82) is 0 Å². The van der Waals surface area contributed by atoms with Gasteiger partial charge in [0.05, 0.1) is 17.0 Å². The van der Waals surface area contributed by atoms with E-state index in [1.165, 1.54) is 36.4 Å². The highest BCUT2D eigenvalue weighted by atomic mass is 19.4. The van der Waals surface area contributed by atoms with Crippen LogP contribution in [0.1, 0.15) is 22.9 Å². The van der Waals surface area contributed by atoms with Crippen LogP contribution in [0.2, 0.25) is 0 Å². The van der Waals surface area contributed by atoms with Crippen LogP contribution in [0.25, 0.3) is 11.3 Å². The minimum atomic E-state index is -4.44. The molecule has 27 heavy (non-hydrogen) atoms.